The van der Waals surface area contributed by atoms with Crippen LogP contribution in [-0.2, 0) is 0 Å². The Bertz CT molecular complexity index is 165. The van der Waals surface area contributed by atoms with Gasteiger partial charge in [-0.1, -0.05) is 6.42 Å². The normalized spacial score (nSPS) is 43.0. The fourth-order valence-electron chi connectivity index (χ4n) is 2.88. The molecule has 12 heavy (non-hydrogen) atoms. The van der Waals surface area contributed by atoms with Crippen LogP contribution in [0.4, 0.5) is 0 Å². The van der Waals surface area contributed by atoms with Crippen molar-refractivity contribution in [2.24, 2.45) is 0 Å². The zero-order valence-electron chi connectivity index (χ0n) is 7.63. The molecule has 0 amide bonds. The number of hydrogen-bond acceptors (Lipinski definition) is 2. The Balaban J connectivity index is 1.65. The number of hydrogen-bond donors (Lipinski definition) is 1. The zero-order chi connectivity index (χ0) is 7.97. The van der Waals surface area contributed by atoms with Crippen LogP contribution in [0, 0.1) is 0 Å². The van der Waals surface area contributed by atoms with E-state index in [4.69, 9.17) is 0 Å². The Morgan fingerprint density at radius 1 is 0.917 bits per heavy atom. The summed E-state index contributed by atoms with van der Waals surface area (Å²) in [5.41, 5.74) is 0. The Hall–Kier alpha value is -0.0800. The molecular formula is C10H18N2. The highest BCUT2D eigenvalue weighted by Crippen LogP contribution is 2.29. The molecule has 1 saturated carbocycles. The van der Waals surface area contributed by atoms with Gasteiger partial charge in [-0.05, 0) is 25.7 Å². The second kappa shape index (κ2) is 2.71. The summed E-state index contributed by atoms with van der Waals surface area (Å²) in [6.45, 7) is 2.67. The van der Waals surface area contributed by atoms with Gasteiger partial charge in [0.2, 0.25) is 0 Å². The second-order valence-corrected chi connectivity index (χ2v) is 4.68. The van der Waals surface area contributed by atoms with Gasteiger partial charge in [0.1, 0.15) is 0 Å². The van der Waals surface area contributed by atoms with Gasteiger partial charge in [0.25, 0.3) is 0 Å². The van der Waals surface area contributed by atoms with Crippen molar-refractivity contribution in [2.75, 3.05) is 13.1 Å². The molecule has 1 N–H and O–H groups in total. The van der Waals surface area contributed by atoms with Gasteiger partial charge in [-0.3, -0.25) is 4.90 Å². The molecule has 2 heteroatoms. The molecule has 2 aliphatic heterocycles. The SMILES string of the molecule is C1CC(N2CC3CCC(C2)N3)C1. The molecule has 0 aromatic heterocycles. The predicted molar refractivity (Wildman–Crippen MR) is 49.2 cm³/mol. The summed E-state index contributed by atoms with van der Waals surface area (Å²) in [6, 6.07) is 2.64. The highest BCUT2D eigenvalue weighted by atomic mass is 15.3. The maximum absolute atomic E-state index is 3.68. The molecule has 1 aliphatic carbocycles. The molecule has 0 spiro atoms. The number of likely N-dealkylation sites (tertiary alicyclic amines) is 1. The number of nitrogens with one attached hydrogen (secondary N) is 1. The fraction of sp³-hybridized carbons (Fsp3) is 1.00. The second-order valence-electron chi connectivity index (χ2n) is 4.68. The quantitative estimate of drug-likeness (QED) is 0.624. The molecule has 2 saturated heterocycles. The maximum atomic E-state index is 3.68. The van der Waals surface area contributed by atoms with E-state index in [1.807, 2.05) is 0 Å². The van der Waals surface area contributed by atoms with E-state index in [1.165, 1.54) is 45.2 Å². The van der Waals surface area contributed by atoms with Crippen molar-refractivity contribution < 1.29 is 0 Å². The van der Waals surface area contributed by atoms with Crippen molar-refractivity contribution in [1.29, 1.82) is 0 Å². The van der Waals surface area contributed by atoms with E-state index >= 15 is 0 Å². The zero-order valence-corrected chi connectivity index (χ0v) is 7.63. The molecular weight excluding hydrogens is 148 g/mol. The first-order valence-corrected chi connectivity index (χ1v) is 5.42. The molecule has 2 bridgehead atoms. The van der Waals surface area contributed by atoms with E-state index in [1.54, 1.807) is 0 Å². The van der Waals surface area contributed by atoms with Gasteiger partial charge in [0.05, 0.1) is 0 Å². The smallest absolute Gasteiger partial charge is 0.0198 e. The van der Waals surface area contributed by atoms with Crippen molar-refractivity contribution in [2.45, 2.75) is 50.2 Å². The van der Waals surface area contributed by atoms with Gasteiger partial charge < -0.3 is 5.32 Å². The van der Waals surface area contributed by atoms with Gasteiger partial charge in [0.15, 0.2) is 0 Å². The van der Waals surface area contributed by atoms with Crippen LogP contribution in [0.15, 0.2) is 0 Å². The average Bonchev–Trinajstić information content (AvgIpc) is 2.27. The van der Waals surface area contributed by atoms with Gasteiger partial charge in [-0.25, -0.2) is 0 Å². The summed E-state index contributed by atoms with van der Waals surface area (Å²) >= 11 is 0. The van der Waals surface area contributed by atoms with Crippen LogP contribution < -0.4 is 5.32 Å². The average molecular weight is 166 g/mol. The molecule has 2 heterocycles. The monoisotopic (exact) mass is 166 g/mol. The van der Waals surface area contributed by atoms with E-state index in [2.05, 4.69) is 10.2 Å². The van der Waals surface area contributed by atoms with Crippen molar-refractivity contribution in [3.05, 3.63) is 0 Å². The first kappa shape index (κ1) is 7.34. The summed E-state index contributed by atoms with van der Waals surface area (Å²) in [5, 5.41) is 3.68. The van der Waals surface area contributed by atoms with Crippen LogP contribution in [0.5, 0.6) is 0 Å². The van der Waals surface area contributed by atoms with E-state index in [-0.39, 0.29) is 0 Å². The lowest BCUT2D eigenvalue weighted by molar-refractivity contribution is 0.0893. The number of nitrogens with zero attached hydrogens (tertiary/aromatic N) is 1. The number of fused-ring (bicyclic) bond motifs is 2. The fourth-order valence-corrected chi connectivity index (χ4v) is 2.88. The van der Waals surface area contributed by atoms with Crippen LogP contribution >= 0.6 is 0 Å². The maximum Gasteiger partial charge on any atom is 0.0198 e. The highest BCUT2D eigenvalue weighted by molar-refractivity contribution is 4.96. The molecule has 3 rings (SSSR count). The molecule has 2 nitrogen and oxygen atoms in total. The minimum atomic E-state index is 0.837. The summed E-state index contributed by atoms with van der Waals surface area (Å²) in [7, 11) is 0. The van der Waals surface area contributed by atoms with Crippen LogP contribution in [0.2, 0.25) is 0 Å². The van der Waals surface area contributed by atoms with Crippen molar-refractivity contribution in [1.82, 2.24) is 10.2 Å². The first-order chi connectivity index (χ1) is 5.92. The molecule has 2 unspecified atom stereocenters. The lowest BCUT2D eigenvalue weighted by atomic mass is 9.90. The Labute approximate surface area is 74.3 Å². The molecule has 2 atom stereocenters. The Kier molecular flexibility index (Phi) is 1.66. The van der Waals surface area contributed by atoms with E-state index in [9.17, 15) is 0 Å². The van der Waals surface area contributed by atoms with Crippen LogP contribution in [0.25, 0.3) is 0 Å². The summed E-state index contributed by atoms with van der Waals surface area (Å²) < 4.78 is 0. The van der Waals surface area contributed by atoms with Crippen LogP contribution in [0.3, 0.4) is 0 Å². The third-order valence-electron chi connectivity index (χ3n) is 3.84. The largest absolute Gasteiger partial charge is 0.309 e. The van der Waals surface area contributed by atoms with Gasteiger partial charge in [0, 0.05) is 31.2 Å². The third kappa shape index (κ3) is 1.09. The topological polar surface area (TPSA) is 15.3 Å². The third-order valence-corrected chi connectivity index (χ3v) is 3.84. The summed E-state index contributed by atoms with van der Waals surface area (Å²) in [5.74, 6) is 0. The molecule has 68 valence electrons. The molecule has 3 fully saturated rings. The minimum Gasteiger partial charge on any atom is -0.309 e. The Morgan fingerprint density at radius 3 is 2.08 bits per heavy atom. The minimum absolute atomic E-state index is 0.837. The van der Waals surface area contributed by atoms with E-state index in [0.29, 0.717) is 0 Å². The van der Waals surface area contributed by atoms with Gasteiger partial charge >= 0.3 is 0 Å². The van der Waals surface area contributed by atoms with Crippen molar-refractivity contribution in [3.63, 3.8) is 0 Å². The lowest BCUT2D eigenvalue weighted by Crippen LogP contribution is -2.55. The predicted octanol–water partition coefficient (Wildman–Crippen LogP) is 0.975. The Morgan fingerprint density at radius 2 is 1.58 bits per heavy atom. The first-order valence-electron chi connectivity index (χ1n) is 5.42. The highest BCUT2D eigenvalue weighted by Gasteiger charge is 2.36. The van der Waals surface area contributed by atoms with Crippen LogP contribution in [0.1, 0.15) is 32.1 Å². The summed E-state index contributed by atoms with van der Waals surface area (Å²) in [4.78, 5) is 2.74. The van der Waals surface area contributed by atoms with Gasteiger partial charge in [-0.15, -0.1) is 0 Å². The van der Waals surface area contributed by atoms with Crippen molar-refractivity contribution >= 4 is 0 Å². The summed E-state index contributed by atoms with van der Waals surface area (Å²) in [6.07, 6.45) is 7.27. The molecule has 0 radical (unpaired) electrons. The van der Waals surface area contributed by atoms with E-state index in [0.717, 1.165) is 18.1 Å². The molecule has 0 aromatic carbocycles. The van der Waals surface area contributed by atoms with Crippen molar-refractivity contribution in [3.8, 4) is 0 Å². The van der Waals surface area contributed by atoms with Crippen LogP contribution in [-0.4, -0.2) is 36.1 Å². The molecule has 0 aromatic rings. The lowest BCUT2D eigenvalue weighted by Gasteiger charge is -2.42. The van der Waals surface area contributed by atoms with Gasteiger partial charge in [-0.2, -0.15) is 0 Å². The van der Waals surface area contributed by atoms with E-state index < -0.39 is 0 Å². The standard InChI is InChI=1S/C10H18N2/c1-2-10(3-1)12-6-8-4-5-9(7-12)11-8/h8-11H,1-7H2. The number of rotatable bonds is 1. The molecule has 3 aliphatic rings. The number of piperazine rings is 1.